The number of aromatic hydroxyl groups is 1. The molecule has 0 spiro atoms. The number of piperidine rings is 1. The Morgan fingerprint density at radius 1 is 1.50 bits per heavy atom. The van der Waals surface area contributed by atoms with Crippen molar-refractivity contribution in [2.75, 3.05) is 11.9 Å². The quantitative estimate of drug-likeness (QED) is 0.702. The molecule has 1 fully saturated rings. The lowest BCUT2D eigenvalue weighted by Crippen LogP contribution is -2.48. The van der Waals surface area contributed by atoms with Crippen LogP contribution in [0.5, 0.6) is 5.75 Å². The molecule has 0 aromatic heterocycles. The van der Waals surface area contributed by atoms with Gasteiger partial charge in [0, 0.05) is 0 Å². The molecule has 1 heterocycles. The lowest BCUT2D eigenvalue weighted by atomic mass is 9.92. The molecule has 1 aliphatic rings. The van der Waals surface area contributed by atoms with Crippen molar-refractivity contribution < 1.29 is 9.90 Å². The summed E-state index contributed by atoms with van der Waals surface area (Å²) in [6.45, 7) is 4.88. The predicted octanol–water partition coefficient (Wildman–Crippen LogP) is 2.03. The summed E-state index contributed by atoms with van der Waals surface area (Å²) in [4.78, 5) is 12.2. The summed E-state index contributed by atoms with van der Waals surface area (Å²) in [6, 6.07) is 5.02. The highest BCUT2D eigenvalue weighted by Crippen LogP contribution is 2.25. The first-order valence-corrected chi connectivity index (χ1v) is 6.42. The minimum absolute atomic E-state index is 0.0666. The molecule has 2 atom stereocenters. The van der Waals surface area contributed by atoms with Crippen LogP contribution in [0.1, 0.15) is 25.3 Å². The average molecular weight is 248 g/mol. The van der Waals surface area contributed by atoms with Gasteiger partial charge < -0.3 is 15.7 Å². The third-order valence-electron chi connectivity index (χ3n) is 3.46. The summed E-state index contributed by atoms with van der Waals surface area (Å²) >= 11 is 0. The molecule has 0 saturated carbocycles. The van der Waals surface area contributed by atoms with Gasteiger partial charge in [0.05, 0.1) is 11.7 Å². The van der Waals surface area contributed by atoms with Gasteiger partial charge in [-0.25, -0.2) is 0 Å². The number of phenolic OH excluding ortho intramolecular Hbond substituents is 1. The zero-order chi connectivity index (χ0) is 13.1. The molecule has 4 heteroatoms. The van der Waals surface area contributed by atoms with Crippen LogP contribution >= 0.6 is 0 Å². The highest BCUT2D eigenvalue weighted by atomic mass is 16.3. The second-order valence-corrected chi connectivity index (χ2v) is 5.06. The van der Waals surface area contributed by atoms with Gasteiger partial charge in [-0.1, -0.05) is 13.0 Å². The number of anilines is 1. The number of nitrogens with one attached hydrogen (secondary N) is 2. The SMILES string of the molecule is Cc1ccc(O)c(NC(=O)C2NCCCC2C)c1. The largest absolute Gasteiger partial charge is 0.506 e. The van der Waals surface area contributed by atoms with E-state index in [1.807, 2.05) is 13.0 Å². The minimum Gasteiger partial charge on any atom is -0.506 e. The number of benzene rings is 1. The second-order valence-electron chi connectivity index (χ2n) is 5.06. The molecule has 4 nitrogen and oxygen atoms in total. The van der Waals surface area contributed by atoms with Crippen molar-refractivity contribution in [3.63, 3.8) is 0 Å². The van der Waals surface area contributed by atoms with E-state index in [1.165, 1.54) is 0 Å². The number of amides is 1. The molecule has 1 aromatic carbocycles. The molecule has 1 saturated heterocycles. The molecule has 2 unspecified atom stereocenters. The molecule has 1 aliphatic heterocycles. The molecule has 1 aromatic rings. The van der Waals surface area contributed by atoms with E-state index in [0.717, 1.165) is 24.9 Å². The van der Waals surface area contributed by atoms with Crippen molar-refractivity contribution in [1.82, 2.24) is 5.32 Å². The monoisotopic (exact) mass is 248 g/mol. The van der Waals surface area contributed by atoms with E-state index in [1.54, 1.807) is 12.1 Å². The van der Waals surface area contributed by atoms with Gasteiger partial charge in [0.2, 0.25) is 5.91 Å². The fourth-order valence-corrected chi connectivity index (χ4v) is 2.36. The van der Waals surface area contributed by atoms with Gasteiger partial charge in [-0.15, -0.1) is 0 Å². The predicted molar refractivity (Wildman–Crippen MR) is 71.7 cm³/mol. The van der Waals surface area contributed by atoms with Gasteiger partial charge >= 0.3 is 0 Å². The van der Waals surface area contributed by atoms with E-state index in [2.05, 4.69) is 17.6 Å². The third-order valence-corrected chi connectivity index (χ3v) is 3.46. The summed E-state index contributed by atoms with van der Waals surface area (Å²) in [5.74, 6) is 0.367. The standard InChI is InChI=1S/C14H20N2O2/c1-9-5-6-12(17)11(8-9)16-14(18)13-10(2)4-3-7-15-13/h5-6,8,10,13,15,17H,3-4,7H2,1-2H3,(H,16,18). The first kappa shape index (κ1) is 12.9. The second kappa shape index (κ2) is 5.40. The third kappa shape index (κ3) is 2.82. The Kier molecular flexibility index (Phi) is 3.87. The van der Waals surface area contributed by atoms with Crippen LogP contribution in [0.25, 0.3) is 0 Å². The highest BCUT2D eigenvalue weighted by Gasteiger charge is 2.27. The van der Waals surface area contributed by atoms with Crippen LogP contribution in [0.3, 0.4) is 0 Å². The van der Waals surface area contributed by atoms with Gasteiger partial charge in [-0.05, 0) is 49.9 Å². The van der Waals surface area contributed by atoms with E-state index in [0.29, 0.717) is 11.6 Å². The Morgan fingerprint density at radius 3 is 3.00 bits per heavy atom. The van der Waals surface area contributed by atoms with Crippen molar-refractivity contribution in [2.45, 2.75) is 32.7 Å². The summed E-state index contributed by atoms with van der Waals surface area (Å²) in [6.07, 6.45) is 2.17. The zero-order valence-electron chi connectivity index (χ0n) is 10.9. The lowest BCUT2D eigenvalue weighted by Gasteiger charge is -2.29. The van der Waals surface area contributed by atoms with Gasteiger partial charge in [-0.2, -0.15) is 0 Å². The lowest BCUT2D eigenvalue weighted by molar-refractivity contribution is -0.119. The number of aryl methyl sites for hydroxylation is 1. The molecule has 0 aliphatic carbocycles. The first-order chi connectivity index (χ1) is 8.58. The summed E-state index contributed by atoms with van der Waals surface area (Å²) in [5, 5.41) is 15.7. The average Bonchev–Trinajstić information content (AvgIpc) is 2.34. The van der Waals surface area contributed by atoms with Crippen LogP contribution < -0.4 is 10.6 Å². The van der Waals surface area contributed by atoms with Crippen molar-refractivity contribution >= 4 is 11.6 Å². The topological polar surface area (TPSA) is 61.4 Å². The maximum absolute atomic E-state index is 12.2. The van der Waals surface area contributed by atoms with E-state index in [-0.39, 0.29) is 17.7 Å². The van der Waals surface area contributed by atoms with Crippen LogP contribution in [-0.2, 0) is 4.79 Å². The van der Waals surface area contributed by atoms with Crippen LogP contribution in [0.4, 0.5) is 5.69 Å². The van der Waals surface area contributed by atoms with E-state index >= 15 is 0 Å². The van der Waals surface area contributed by atoms with E-state index in [9.17, 15) is 9.90 Å². The van der Waals surface area contributed by atoms with E-state index in [4.69, 9.17) is 0 Å². The fraction of sp³-hybridized carbons (Fsp3) is 0.500. The Bertz CT molecular complexity index is 445. The van der Waals surface area contributed by atoms with Crippen LogP contribution in [0.15, 0.2) is 18.2 Å². The number of carbonyl (C=O) groups is 1. The first-order valence-electron chi connectivity index (χ1n) is 6.42. The Hall–Kier alpha value is -1.55. The summed E-state index contributed by atoms with van der Waals surface area (Å²) in [7, 11) is 0. The van der Waals surface area contributed by atoms with Gasteiger partial charge in [-0.3, -0.25) is 4.79 Å². The Labute approximate surface area is 107 Å². The van der Waals surface area contributed by atoms with Crippen molar-refractivity contribution in [2.24, 2.45) is 5.92 Å². The van der Waals surface area contributed by atoms with Gasteiger partial charge in [0.15, 0.2) is 0 Å². The molecule has 2 rings (SSSR count). The molecule has 0 bridgehead atoms. The smallest absolute Gasteiger partial charge is 0.241 e. The zero-order valence-corrected chi connectivity index (χ0v) is 10.9. The summed E-state index contributed by atoms with van der Waals surface area (Å²) < 4.78 is 0. The molecule has 0 radical (unpaired) electrons. The van der Waals surface area contributed by atoms with Crippen LogP contribution in [0.2, 0.25) is 0 Å². The number of hydrogen-bond donors (Lipinski definition) is 3. The fourth-order valence-electron chi connectivity index (χ4n) is 2.36. The van der Waals surface area contributed by atoms with Crippen molar-refractivity contribution in [3.05, 3.63) is 23.8 Å². The molecule has 18 heavy (non-hydrogen) atoms. The van der Waals surface area contributed by atoms with Gasteiger partial charge in [0.25, 0.3) is 0 Å². The number of phenols is 1. The minimum atomic E-state index is -0.168. The van der Waals surface area contributed by atoms with Crippen molar-refractivity contribution in [1.29, 1.82) is 0 Å². The number of carbonyl (C=O) groups excluding carboxylic acids is 1. The highest BCUT2D eigenvalue weighted by molar-refractivity contribution is 5.96. The maximum Gasteiger partial charge on any atom is 0.241 e. The Morgan fingerprint density at radius 2 is 2.28 bits per heavy atom. The number of hydrogen-bond acceptors (Lipinski definition) is 3. The number of rotatable bonds is 2. The molecule has 1 amide bonds. The van der Waals surface area contributed by atoms with Gasteiger partial charge in [0.1, 0.15) is 5.75 Å². The van der Waals surface area contributed by atoms with Crippen molar-refractivity contribution in [3.8, 4) is 5.75 Å². The molecular weight excluding hydrogens is 228 g/mol. The van der Waals surface area contributed by atoms with Crippen LogP contribution in [-0.4, -0.2) is 23.6 Å². The normalized spacial score (nSPS) is 23.7. The molecule has 98 valence electrons. The molecular formula is C14H20N2O2. The van der Waals surface area contributed by atoms with Crippen LogP contribution in [0, 0.1) is 12.8 Å². The van der Waals surface area contributed by atoms with E-state index < -0.39 is 0 Å². The Balaban J connectivity index is 2.08. The molecule has 3 N–H and O–H groups in total. The summed E-state index contributed by atoms with van der Waals surface area (Å²) in [5.41, 5.74) is 1.49. The maximum atomic E-state index is 12.2.